The molecule has 0 aliphatic carbocycles. The summed E-state index contributed by atoms with van der Waals surface area (Å²) >= 11 is 0. The van der Waals surface area contributed by atoms with Crippen molar-refractivity contribution < 1.29 is 4.79 Å². The highest BCUT2D eigenvalue weighted by Gasteiger charge is 2.13. The maximum Gasteiger partial charge on any atom is 0.342 e. The number of carbonyl (C=O) groups excluding carboxylic acids is 1. The van der Waals surface area contributed by atoms with Crippen LogP contribution >= 0.6 is 0 Å². The van der Waals surface area contributed by atoms with Crippen LogP contribution in [0.15, 0.2) is 27.9 Å². The lowest BCUT2D eigenvalue weighted by atomic mass is 10.3. The largest absolute Gasteiger partial charge is 0.342 e. The number of hydrogen-bond acceptors (Lipinski definition) is 5. The van der Waals surface area contributed by atoms with Crippen molar-refractivity contribution in [2.24, 2.45) is 0 Å². The molecule has 0 radical (unpaired) electrons. The number of pyridine rings is 1. The summed E-state index contributed by atoms with van der Waals surface area (Å²) in [5.41, 5.74) is -0.821. The highest BCUT2D eigenvalue weighted by atomic mass is 16.2. The van der Waals surface area contributed by atoms with Gasteiger partial charge in [0.05, 0.1) is 0 Å². The van der Waals surface area contributed by atoms with E-state index in [0.29, 0.717) is 5.69 Å². The van der Waals surface area contributed by atoms with Crippen LogP contribution in [0, 0.1) is 6.92 Å². The normalized spacial score (nSPS) is 10.1. The second-order valence-corrected chi connectivity index (χ2v) is 3.50. The SMILES string of the molecule is Cc1cc(NC(=O)c2n[nH]c(=O)[nH]c2=O)ccn1. The van der Waals surface area contributed by atoms with Gasteiger partial charge in [-0.1, -0.05) is 0 Å². The molecule has 1 amide bonds. The number of carbonyl (C=O) groups is 1. The molecule has 0 unspecified atom stereocenters. The number of amides is 1. The number of aromatic nitrogens is 4. The molecule has 18 heavy (non-hydrogen) atoms. The standard InChI is InChI=1S/C10H9N5O3/c1-5-4-6(2-3-11-5)12-8(16)7-9(17)13-10(18)15-14-7/h2-4H,1H3,(H,11,12,16)(H2,13,15,17,18). The van der Waals surface area contributed by atoms with Crippen LogP contribution in [-0.4, -0.2) is 26.1 Å². The van der Waals surface area contributed by atoms with Crippen molar-refractivity contribution in [2.75, 3.05) is 5.32 Å². The van der Waals surface area contributed by atoms with Crippen molar-refractivity contribution in [1.82, 2.24) is 20.2 Å². The number of rotatable bonds is 2. The number of aryl methyl sites for hydroxylation is 1. The molecule has 0 bridgehead atoms. The summed E-state index contributed by atoms with van der Waals surface area (Å²) < 4.78 is 0. The molecule has 0 atom stereocenters. The molecule has 2 aromatic heterocycles. The first-order chi connectivity index (χ1) is 8.56. The highest BCUT2D eigenvalue weighted by Crippen LogP contribution is 2.07. The van der Waals surface area contributed by atoms with Gasteiger partial charge in [0.2, 0.25) is 5.69 Å². The van der Waals surface area contributed by atoms with Gasteiger partial charge >= 0.3 is 5.69 Å². The van der Waals surface area contributed by atoms with Crippen LogP contribution in [0.4, 0.5) is 5.69 Å². The third kappa shape index (κ3) is 2.48. The van der Waals surface area contributed by atoms with E-state index in [1.807, 2.05) is 10.1 Å². The molecule has 3 N–H and O–H groups in total. The Morgan fingerprint density at radius 3 is 2.83 bits per heavy atom. The summed E-state index contributed by atoms with van der Waals surface area (Å²) in [6.07, 6.45) is 1.52. The van der Waals surface area contributed by atoms with E-state index in [-0.39, 0.29) is 0 Å². The van der Waals surface area contributed by atoms with Gasteiger partial charge in [0.1, 0.15) is 0 Å². The Bertz CT molecular complexity index is 703. The molecule has 0 saturated carbocycles. The van der Waals surface area contributed by atoms with Crippen molar-refractivity contribution in [3.8, 4) is 0 Å². The number of hydrogen-bond donors (Lipinski definition) is 3. The molecule has 0 aromatic carbocycles. The second-order valence-electron chi connectivity index (χ2n) is 3.50. The van der Waals surface area contributed by atoms with Gasteiger partial charge in [-0.15, -0.1) is 0 Å². The van der Waals surface area contributed by atoms with Crippen LogP contribution in [0.1, 0.15) is 16.2 Å². The Hall–Kier alpha value is -2.77. The molecule has 0 saturated heterocycles. The minimum absolute atomic E-state index is 0.413. The molecular formula is C10H9N5O3. The molecule has 8 heteroatoms. The van der Waals surface area contributed by atoms with Gasteiger partial charge in [0.15, 0.2) is 0 Å². The van der Waals surface area contributed by atoms with Crippen LogP contribution in [0.3, 0.4) is 0 Å². The van der Waals surface area contributed by atoms with Crippen LogP contribution < -0.4 is 16.6 Å². The zero-order chi connectivity index (χ0) is 13.1. The Balaban J connectivity index is 2.27. The van der Waals surface area contributed by atoms with E-state index in [9.17, 15) is 14.4 Å². The van der Waals surface area contributed by atoms with Gasteiger partial charge in [-0.25, -0.2) is 9.89 Å². The van der Waals surface area contributed by atoms with E-state index in [4.69, 9.17) is 0 Å². The Kier molecular flexibility index (Phi) is 3.00. The van der Waals surface area contributed by atoms with Gasteiger partial charge in [-0.2, -0.15) is 5.10 Å². The molecule has 2 rings (SSSR count). The fraction of sp³-hybridized carbons (Fsp3) is 0.100. The zero-order valence-electron chi connectivity index (χ0n) is 9.35. The quantitative estimate of drug-likeness (QED) is 0.655. The molecule has 0 aliphatic rings. The molecule has 0 aliphatic heterocycles. The molecule has 2 aromatic rings. The van der Waals surface area contributed by atoms with Gasteiger partial charge in [0, 0.05) is 17.6 Å². The fourth-order valence-electron chi connectivity index (χ4n) is 1.32. The summed E-state index contributed by atoms with van der Waals surface area (Å²) in [4.78, 5) is 39.7. The minimum Gasteiger partial charge on any atom is -0.320 e. The molecule has 8 nitrogen and oxygen atoms in total. The Morgan fingerprint density at radius 2 is 2.17 bits per heavy atom. The number of nitrogens with one attached hydrogen (secondary N) is 3. The monoisotopic (exact) mass is 247 g/mol. The van der Waals surface area contributed by atoms with Crippen molar-refractivity contribution in [3.05, 3.63) is 50.6 Å². The van der Waals surface area contributed by atoms with Crippen molar-refractivity contribution in [1.29, 1.82) is 0 Å². The lowest BCUT2D eigenvalue weighted by molar-refractivity contribution is 0.101. The number of nitrogens with zero attached hydrogens (tertiary/aromatic N) is 2. The first-order valence-electron chi connectivity index (χ1n) is 4.99. The highest BCUT2D eigenvalue weighted by molar-refractivity contribution is 6.02. The summed E-state index contributed by atoms with van der Waals surface area (Å²) in [6.45, 7) is 1.76. The van der Waals surface area contributed by atoms with Crippen LogP contribution in [0.2, 0.25) is 0 Å². The molecule has 0 fully saturated rings. The van der Waals surface area contributed by atoms with E-state index >= 15 is 0 Å². The summed E-state index contributed by atoms with van der Waals surface area (Å²) in [5, 5.41) is 7.85. The number of H-pyrrole nitrogens is 2. The number of aromatic amines is 2. The van der Waals surface area contributed by atoms with Gasteiger partial charge in [0.25, 0.3) is 11.5 Å². The van der Waals surface area contributed by atoms with Crippen molar-refractivity contribution in [2.45, 2.75) is 6.92 Å². The zero-order valence-corrected chi connectivity index (χ0v) is 9.35. The smallest absolute Gasteiger partial charge is 0.320 e. The third-order valence-electron chi connectivity index (χ3n) is 2.08. The van der Waals surface area contributed by atoms with E-state index in [0.717, 1.165) is 5.69 Å². The summed E-state index contributed by atoms with van der Waals surface area (Å²) in [7, 11) is 0. The fourth-order valence-corrected chi connectivity index (χ4v) is 1.32. The lowest BCUT2D eigenvalue weighted by Crippen LogP contribution is -2.32. The molecule has 0 spiro atoms. The maximum atomic E-state index is 11.7. The second kappa shape index (κ2) is 4.62. The summed E-state index contributed by atoms with van der Waals surface area (Å²) in [5.74, 6) is -0.710. The average molecular weight is 247 g/mol. The Labute approximate surface area is 100 Å². The third-order valence-corrected chi connectivity index (χ3v) is 2.08. The first-order valence-corrected chi connectivity index (χ1v) is 4.99. The molecular weight excluding hydrogens is 238 g/mol. The molecule has 2 heterocycles. The minimum atomic E-state index is -0.845. The van der Waals surface area contributed by atoms with Crippen LogP contribution in [0.25, 0.3) is 0 Å². The predicted octanol–water partition coefficient (Wildman–Crippen LogP) is -0.586. The van der Waals surface area contributed by atoms with Gasteiger partial charge < -0.3 is 5.32 Å². The van der Waals surface area contributed by atoms with Crippen molar-refractivity contribution in [3.63, 3.8) is 0 Å². The average Bonchev–Trinajstić information content (AvgIpc) is 2.28. The first kappa shape index (κ1) is 11.7. The van der Waals surface area contributed by atoms with E-state index in [2.05, 4.69) is 15.4 Å². The van der Waals surface area contributed by atoms with E-state index in [1.165, 1.54) is 6.20 Å². The predicted molar refractivity (Wildman–Crippen MR) is 62.4 cm³/mol. The van der Waals surface area contributed by atoms with Crippen LogP contribution in [0.5, 0.6) is 0 Å². The van der Waals surface area contributed by atoms with E-state index < -0.39 is 22.9 Å². The number of anilines is 1. The van der Waals surface area contributed by atoms with Crippen molar-refractivity contribution >= 4 is 11.6 Å². The van der Waals surface area contributed by atoms with Gasteiger partial charge in [-0.3, -0.25) is 19.6 Å². The molecule has 92 valence electrons. The summed E-state index contributed by atoms with van der Waals surface area (Å²) in [6, 6.07) is 3.21. The maximum absolute atomic E-state index is 11.7. The van der Waals surface area contributed by atoms with Gasteiger partial charge in [-0.05, 0) is 19.1 Å². The van der Waals surface area contributed by atoms with E-state index in [1.54, 1.807) is 19.1 Å². The van der Waals surface area contributed by atoms with Crippen LogP contribution in [-0.2, 0) is 0 Å². The lowest BCUT2D eigenvalue weighted by Gasteiger charge is -2.03. The Morgan fingerprint density at radius 1 is 1.39 bits per heavy atom. The topological polar surface area (TPSA) is 121 Å².